The van der Waals surface area contributed by atoms with Crippen LogP contribution in [0.5, 0.6) is 11.5 Å². The number of carbonyl (C=O) groups is 2. The molecule has 0 bridgehead atoms. The predicted molar refractivity (Wildman–Crippen MR) is 132 cm³/mol. The van der Waals surface area contributed by atoms with Gasteiger partial charge in [-0.1, -0.05) is 12.1 Å². The third-order valence-corrected chi connectivity index (χ3v) is 7.00. The number of hydrogen-bond acceptors (Lipinski definition) is 7. The Balaban J connectivity index is 1.28. The minimum Gasteiger partial charge on any atom is -0.454 e. The molecule has 2 aliphatic heterocycles. The number of likely N-dealkylation sites (N-methyl/N-ethyl adjacent to an activating group) is 1. The second-order valence-corrected chi connectivity index (χ2v) is 10.3. The molecule has 0 aliphatic carbocycles. The molecule has 7 nitrogen and oxygen atoms in total. The summed E-state index contributed by atoms with van der Waals surface area (Å²) in [6.07, 6.45) is 1.48. The highest BCUT2D eigenvalue weighted by Gasteiger charge is 2.26. The monoisotopic (exact) mass is 477 g/mol. The number of hydrogen-bond donors (Lipinski definition) is 0. The average molecular weight is 478 g/mol. The van der Waals surface area contributed by atoms with Gasteiger partial charge in [0, 0.05) is 29.1 Å². The van der Waals surface area contributed by atoms with E-state index >= 15 is 0 Å². The average Bonchev–Trinajstić information content (AvgIpc) is 3.50. The normalized spacial score (nSPS) is 14.1. The molecular formula is C26H27N3O4S. The largest absolute Gasteiger partial charge is 0.454 e. The van der Waals surface area contributed by atoms with Crippen LogP contribution in [0.25, 0.3) is 11.3 Å². The van der Waals surface area contributed by atoms with Crippen molar-refractivity contribution in [3.63, 3.8) is 0 Å². The molecule has 3 aromatic rings. The number of benzene rings is 2. The smallest absolute Gasteiger partial charge is 0.241 e. The second-order valence-electron chi connectivity index (χ2n) is 8.97. The standard InChI is InChI=1S/C26H27N3O4S/c1-16-26(19-5-6-21-18(12-19)8-9-29(21)25(31)14-28(2)3)27-24(34-16)13-20(30)10-17-4-7-22-23(11-17)33-15-32-22/h4-7,11-12H,8-10,13-15H2,1-3H3. The van der Waals surface area contributed by atoms with E-state index in [0.29, 0.717) is 31.7 Å². The van der Waals surface area contributed by atoms with Gasteiger partial charge in [-0.15, -0.1) is 11.3 Å². The van der Waals surface area contributed by atoms with Crippen molar-refractivity contribution in [2.24, 2.45) is 0 Å². The van der Waals surface area contributed by atoms with Crippen LogP contribution in [-0.4, -0.2) is 55.6 Å². The zero-order valence-corrected chi connectivity index (χ0v) is 20.4. The molecule has 0 unspecified atom stereocenters. The van der Waals surface area contributed by atoms with E-state index in [4.69, 9.17) is 14.5 Å². The Kier molecular flexibility index (Phi) is 6.10. The highest BCUT2D eigenvalue weighted by atomic mass is 32.1. The van der Waals surface area contributed by atoms with Gasteiger partial charge in [0.1, 0.15) is 10.8 Å². The van der Waals surface area contributed by atoms with E-state index in [1.165, 1.54) is 0 Å². The van der Waals surface area contributed by atoms with Crippen LogP contribution in [0.1, 0.15) is 21.0 Å². The number of Topliss-reactive ketones (excluding diaryl/α,β-unsaturated/α-hetero) is 1. The van der Waals surface area contributed by atoms with Crippen LogP contribution < -0.4 is 14.4 Å². The Morgan fingerprint density at radius 2 is 1.91 bits per heavy atom. The summed E-state index contributed by atoms with van der Waals surface area (Å²) in [5.74, 6) is 1.64. The van der Waals surface area contributed by atoms with Crippen molar-refractivity contribution in [1.82, 2.24) is 9.88 Å². The van der Waals surface area contributed by atoms with E-state index in [-0.39, 0.29) is 18.5 Å². The Morgan fingerprint density at radius 1 is 1.09 bits per heavy atom. The molecule has 0 atom stereocenters. The van der Waals surface area contributed by atoms with Gasteiger partial charge < -0.3 is 19.3 Å². The molecule has 0 radical (unpaired) electrons. The lowest BCUT2D eigenvalue weighted by molar-refractivity contribution is -0.119. The predicted octanol–water partition coefficient (Wildman–Crippen LogP) is 3.65. The Labute approximate surface area is 202 Å². The van der Waals surface area contributed by atoms with Gasteiger partial charge in [0.15, 0.2) is 11.5 Å². The summed E-state index contributed by atoms with van der Waals surface area (Å²) in [6, 6.07) is 11.8. The van der Waals surface area contributed by atoms with Crippen LogP contribution in [0.4, 0.5) is 5.69 Å². The number of aryl methyl sites for hydroxylation is 1. The van der Waals surface area contributed by atoms with Crippen LogP contribution in [0.3, 0.4) is 0 Å². The number of aromatic nitrogens is 1. The van der Waals surface area contributed by atoms with Crippen LogP contribution in [0.15, 0.2) is 36.4 Å². The first-order chi connectivity index (χ1) is 16.4. The lowest BCUT2D eigenvalue weighted by atomic mass is 10.1. The Hall–Kier alpha value is -3.23. The van der Waals surface area contributed by atoms with Crippen LogP contribution in [0, 0.1) is 6.92 Å². The zero-order chi connectivity index (χ0) is 23.8. The van der Waals surface area contributed by atoms with Crippen molar-refractivity contribution < 1.29 is 19.1 Å². The lowest BCUT2D eigenvalue weighted by Crippen LogP contribution is -2.36. The molecule has 0 spiro atoms. The van der Waals surface area contributed by atoms with E-state index in [2.05, 4.69) is 6.07 Å². The van der Waals surface area contributed by atoms with Crippen molar-refractivity contribution in [3.05, 3.63) is 57.4 Å². The van der Waals surface area contributed by atoms with E-state index in [1.54, 1.807) is 11.3 Å². The summed E-state index contributed by atoms with van der Waals surface area (Å²) < 4.78 is 10.7. The van der Waals surface area contributed by atoms with E-state index in [9.17, 15) is 9.59 Å². The fourth-order valence-electron chi connectivity index (χ4n) is 4.47. The van der Waals surface area contributed by atoms with E-state index in [1.807, 2.05) is 61.2 Å². The minimum atomic E-state index is 0.114. The maximum Gasteiger partial charge on any atom is 0.241 e. The molecule has 0 N–H and O–H groups in total. The summed E-state index contributed by atoms with van der Waals surface area (Å²) in [5.41, 5.74) is 5.01. The van der Waals surface area contributed by atoms with Crippen molar-refractivity contribution in [2.75, 3.05) is 38.9 Å². The molecule has 0 saturated carbocycles. The number of fused-ring (bicyclic) bond motifs is 2. The summed E-state index contributed by atoms with van der Waals surface area (Å²) >= 11 is 1.57. The second kappa shape index (κ2) is 9.19. The van der Waals surface area contributed by atoms with E-state index < -0.39 is 0 Å². The summed E-state index contributed by atoms with van der Waals surface area (Å²) in [7, 11) is 3.81. The molecule has 34 heavy (non-hydrogen) atoms. The first kappa shape index (κ1) is 22.6. The fourth-order valence-corrected chi connectivity index (χ4v) is 5.45. The topological polar surface area (TPSA) is 72.0 Å². The highest BCUT2D eigenvalue weighted by molar-refractivity contribution is 7.12. The molecule has 0 fully saturated rings. The van der Waals surface area contributed by atoms with Crippen LogP contribution in [-0.2, 0) is 28.9 Å². The van der Waals surface area contributed by atoms with Crippen molar-refractivity contribution >= 4 is 28.7 Å². The molecule has 3 heterocycles. The molecule has 2 aromatic carbocycles. The van der Waals surface area contributed by atoms with Gasteiger partial charge in [-0.25, -0.2) is 4.98 Å². The number of carbonyl (C=O) groups excluding carboxylic acids is 2. The van der Waals surface area contributed by atoms with Gasteiger partial charge in [-0.3, -0.25) is 9.59 Å². The summed E-state index contributed by atoms with van der Waals surface area (Å²) in [4.78, 5) is 34.9. The molecule has 0 saturated heterocycles. The number of nitrogens with zero attached hydrogens (tertiary/aromatic N) is 3. The van der Waals surface area contributed by atoms with Crippen molar-refractivity contribution in [2.45, 2.75) is 26.2 Å². The number of rotatable bonds is 7. The van der Waals surface area contributed by atoms with Gasteiger partial charge in [0.2, 0.25) is 12.7 Å². The molecular weight excluding hydrogens is 450 g/mol. The van der Waals surface area contributed by atoms with Gasteiger partial charge in [-0.2, -0.15) is 0 Å². The van der Waals surface area contributed by atoms with Crippen molar-refractivity contribution in [3.8, 4) is 22.8 Å². The third-order valence-electron chi connectivity index (χ3n) is 6.03. The Morgan fingerprint density at radius 3 is 2.74 bits per heavy atom. The zero-order valence-electron chi connectivity index (χ0n) is 19.6. The third kappa shape index (κ3) is 4.56. The van der Waals surface area contributed by atoms with Gasteiger partial charge in [0.05, 0.1) is 18.7 Å². The quantitative estimate of drug-likeness (QED) is 0.517. The summed E-state index contributed by atoms with van der Waals surface area (Å²) in [5, 5.41) is 0.821. The lowest BCUT2D eigenvalue weighted by Gasteiger charge is -2.19. The van der Waals surface area contributed by atoms with Crippen LogP contribution in [0.2, 0.25) is 0 Å². The van der Waals surface area contributed by atoms with Crippen molar-refractivity contribution in [1.29, 1.82) is 0 Å². The van der Waals surface area contributed by atoms with Gasteiger partial charge >= 0.3 is 0 Å². The summed E-state index contributed by atoms with van der Waals surface area (Å²) in [6.45, 7) is 3.37. The Bertz CT molecular complexity index is 1270. The number of thiazole rings is 1. The molecule has 8 heteroatoms. The minimum absolute atomic E-state index is 0.114. The number of ketones is 1. The first-order valence-electron chi connectivity index (χ1n) is 11.3. The van der Waals surface area contributed by atoms with Gasteiger partial charge in [0.25, 0.3) is 0 Å². The number of amides is 1. The molecule has 2 aliphatic rings. The molecule has 176 valence electrons. The van der Waals surface area contributed by atoms with E-state index in [0.717, 1.165) is 50.1 Å². The maximum absolute atomic E-state index is 12.7. The van der Waals surface area contributed by atoms with Gasteiger partial charge in [-0.05, 0) is 62.8 Å². The number of ether oxygens (including phenoxy) is 2. The molecule has 5 rings (SSSR count). The SMILES string of the molecule is Cc1sc(CC(=O)Cc2ccc3c(c2)OCO3)nc1-c1ccc2c(c1)CCN2C(=O)CN(C)C. The number of anilines is 1. The highest BCUT2D eigenvalue weighted by Crippen LogP contribution is 2.35. The first-order valence-corrected chi connectivity index (χ1v) is 12.1. The molecule has 1 amide bonds. The fraction of sp³-hybridized carbons (Fsp3) is 0.346. The maximum atomic E-state index is 12.7. The van der Waals surface area contributed by atoms with Crippen LogP contribution >= 0.6 is 11.3 Å². The molecule has 1 aromatic heterocycles.